The first kappa shape index (κ1) is 11.6. The molecule has 0 saturated carbocycles. The molecule has 1 aromatic heterocycles. The van der Waals surface area contributed by atoms with Gasteiger partial charge in [0.25, 0.3) is 0 Å². The lowest BCUT2D eigenvalue weighted by Crippen LogP contribution is -2.40. The molecule has 92 valence electrons. The molecule has 2 unspecified atom stereocenters. The van der Waals surface area contributed by atoms with Gasteiger partial charge in [0.1, 0.15) is 0 Å². The lowest BCUT2D eigenvalue weighted by molar-refractivity contribution is 0.312. The van der Waals surface area contributed by atoms with Gasteiger partial charge in [-0.3, -0.25) is 9.88 Å². The lowest BCUT2D eigenvalue weighted by atomic mass is 9.94. The number of rotatable bonds is 2. The van der Waals surface area contributed by atoms with Crippen LogP contribution in [-0.2, 0) is 6.54 Å². The highest BCUT2D eigenvalue weighted by molar-refractivity contribution is 9.10. The third-order valence-electron chi connectivity index (χ3n) is 3.84. The summed E-state index contributed by atoms with van der Waals surface area (Å²) in [6, 6.07) is 2.89. The van der Waals surface area contributed by atoms with Gasteiger partial charge in [-0.2, -0.15) is 0 Å². The smallest absolute Gasteiger partial charge is 0.0410 e. The van der Waals surface area contributed by atoms with Crippen molar-refractivity contribution in [3.05, 3.63) is 28.5 Å². The summed E-state index contributed by atoms with van der Waals surface area (Å²) in [6.45, 7) is 4.66. The maximum atomic E-state index is 4.23. The average molecular weight is 296 g/mol. The normalized spacial score (nSPS) is 29.2. The predicted molar refractivity (Wildman–Crippen MR) is 71.7 cm³/mol. The Bertz CT molecular complexity index is 382. The van der Waals surface area contributed by atoms with Crippen molar-refractivity contribution in [1.29, 1.82) is 0 Å². The molecule has 3 rings (SSSR count). The van der Waals surface area contributed by atoms with E-state index in [4.69, 9.17) is 0 Å². The number of pyridine rings is 1. The average Bonchev–Trinajstić information content (AvgIpc) is 2.71. The molecule has 2 saturated heterocycles. The summed E-state index contributed by atoms with van der Waals surface area (Å²) in [6.07, 6.45) is 6.55. The minimum absolute atomic E-state index is 0.726. The van der Waals surface area contributed by atoms with Gasteiger partial charge in [0.05, 0.1) is 0 Å². The molecule has 4 heteroatoms. The molecule has 0 radical (unpaired) electrons. The second-order valence-electron chi connectivity index (χ2n) is 5.17. The van der Waals surface area contributed by atoms with E-state index in [-0.39, 0.29) is 0 Å². The van der Waals surface area contributed by atoms with Crippen LogP contribution in [0.4, 0.5) is 0 Å². The molecule has 3 nitrogen and oxygen atoms in total. The monoisotopic (exact) mass is 295 g/mol. The summed E-state index contributed by atoms with van der Waals surface area (Å²) in [5, 5.41) is 3.64. The van der Waals surface area contributed by atoms with Crippen LogP contribution in [0.5, 0.6) is 0 Å². The molecule has 17 heavy (non-hydrogen) atoms. The van der Waals surface area contributed by atoms with Gasteiger partial charge in [-0.15, -0.1) is 0 Å². The van der Waals surface area contributed by atoms with Crippen molar-refractivity contribution in [2.24, 2.45) is 5.92 Å². The number of likely N-dealkylation sites (tertiary alicyclic amines) is 1. The van der Waals surface area contributed by atoms with Crippen molar-refractivity contribution in [3.63, 3.8) is 0 Å². The molecule has 2 fully saturated rings. The van der Waals surface area contributed by atoms with E-state index in [2.05, 4.69) is 37.2 Å². The van der Waals surface area contributed by atoms with Gasteiger partial charge in [0, 0.05) is 42.5 Å². The molecule has 0 amide bonds. The number of halogens is 1. The van der Waals surface area contributed by atoms with Crippen molar-refractivity contribution >= 4 is 15.9 Å². The summed E-state index contributed by atoms with van der Waals surface area (Å²) in [7, 11) is 0. The second-order valence-corrected chi connectivity index (χ2v) is 6.08. The highest BCUT2D eigenvalue weighted by Gasteiger charge is 2.33. The van der Waals surface area contributed by atoms with Crippen molar-refractivity contribution in [2.45, 2.75) is 25.4 Å². The summed E-state index contributed by atoms with van der Waals surface area (Å²) in [5.74, 6) is 0.865. The number of nitrogens with one attached hydrogen (secondary N) is 1. The third kappa shape index (κ3) is 2.69. The summed E-state index contributed by atoms with van der Waals surface area (Å²) in [4.78, 5) is 6.78. The van der Waals surface area contributed by atoms with E-state index in [1.54, 1.807) is 0 Å². The van der Waals surface area contributed by atoms with Crippen molar-refractivity contribution in [2.75, 3.05) is 19.6 Å². The Kier molecular flexibility index (Phi) is 3.45. The minimum Gasteiger partial charge on any atom is -0.312 e. The Hall–Kier alpha value is -0.450. The summed E-state index contributed by atoms with van der Waals surface area (Å²) in [5.41, 5.74) is 1.30. The number of piperidine rings is 1. The highest BCUT2D eigenvalue weighted by Crippen LogP contribution is 2.26. The van der Waals surface area contributed by atoms with E-state index in [0.29, 0.717) is 0 Å². The molecule has 0 bridgehead atoms. The van der Waals surface area contributed by atoms with Crippen LogP contribution in [0.1, 0.15) is 18.4 Å². The maximum Gasteiger partial charge on any atom is 0.0410 e. The SMILES string of the molecule is Brc1cncc(CN2CC3CCCNC3C2)c1. The van der Waals surface area contributed by atoms with Gasteiger partial charge < -0.3 is 5.32 Å². The highest BCUT2D eigenvalue weighted by atomic mass is 79.9. The van der Waals surface area contributed by atoms with Crippen molar-refractivity contribution < 1.29 is 0 Å². The molecule has 2 aliphatic rings. The van der Waals surface area contributed by atoms with E-state index in [0.717, 1.165) is 23.0 Å². The fourth-order valence-corrected chi connectivity index (χ4v) is 3.48. The number of aromatic nitrogens is 1. The van der Waals surface area contributed by atoms with Gasteiger partial charge in [0.2, 0.25) is 0 Å². The topological polar surface area (TPSA) is 28.2 Å². The summed E-state index contributed by atoms with van der Waals surface area (Å²) >= 11 is 3.48. The Morgan fingerprint density at radius 1 is 1.41 bits per heavy atom. The van der Waals surface area contributed by atoms with E-state index in [1.165, 1.54) is 38.0 Å². The van der Waals surface area contributed by atoms with Crippen LogP contribution in [-0.4, -0.2) is 35.6 Å². The zero-order chi connectivity index (χ0) is 11.7. The first-order valence-corrected chi connectivity index (χ1v) is 7.16. The van der Waals surface area contributed by atoms with Crippen LogP contribution in [0.3, 0.4) is 0 Å². The molecule has 3 heterocycles. The molecule has 0 aromatic carbocycles. The van der Waals surface area contributed by atoms with Gasteiger partial charge in [-0.25, -0.2) is 0 Å². The van der Waals surface area contributed by atoms with Crippen LogP contribution in [0.2, 0.25) is 0 Å². The van der Waals surface area contributed by atoms with Crippen molar-refractivity contribution in [3.8, 4) is 0 Å². The van der Waals surface area contributed by atoms with Crippen molar-refractivity contribution in [1.82, 2.24) is 15.2 Å². The molecule has 0 spiro atoms. The van der Waals surface area contributed by atoms with E-state index < -0.39 is 0 Å². The first-order valence-electron chi connectivity index (χ1n) is 6.36. The Morgan fingerprint density at radius 2 is 2.35 bits per heavy atom. The Balaban J connectivity index is 1.63. The van der Waals surface area contributed by atoms with E-state index in [9.17, 15) is 0 Å². The zero-order valence-corrected chi connectivity index (χ0v) is 11.5. The molecule has 2 atom stereocenters. The standard InChI is InChI=1S/C13H18BrN3/c14-12-4-10(5-15-6-12)7-17-8-11-2-1-3-16-13(11)9-17/h4-6,11,13,16H,1-3,7-9H2. The fraction of sp³-hybridized carbons (Fsp3) is 0.615. The van der Waals surface area contributed by atoms with Crippen LogP contribution in [0, 0.1) is 5.92 Å². The molecule has 1 N–H and O–H groups in total. The lowest BCUT2D eigenvalue weighted by Gasteiger charge is -2.24. The molecular formula is C13H18BrN3. The Morgan fingerprint density at radius 3 is 3.18 bits per heavy atom. The van der Waals surface area contributed by atoms with E-state index >= 15 is 0 Å². The Labute approximate surface area is 111 Å². The van der Waals surface area contributed by atoms with Crippen LogP contribution < -0.4 is 5.32 Å². The predicted octanol–water partition coefficient (Wildman–Crippen LogP) is 2.03. The van der Waals surface area contributed by atoms with E-state index in [1.807, 2.05) is 12.4 Å². The fourth-order valence-electron chi connectivity index (χ4n) is 3.07. The minimum atomic E-state index is 0.726. The zero-order valence-electron chi connectivity index (χ0n) is 9.90. The van der Waals surface area contributed by atoms with Gasteiger partial charge in [0.15, 0.2) is 0 Å². The number of hydrogen-bond acceptors (Lipinski definition) is 3. The van der Waals surface area contributed by atoms with Gasteiger partial charge >= 0.3 is 0 Å². The maximum absolute atomic E-state index is 4.23. The molecule has 1 aromatic rings. The van der Waals surface area contributed by atoms with Crippen LogP contribution >= 0.6 is 15.9 Å². The second kappa shape index (κ2) is 5.04. The number of nitrogens with zero attached hydrogens (tertiary/aromatic N) is 2. The third-order valence-corrected chi connectivity index (χ3v) is 4.28. The quantitative estimate of drug-likeness (QED) is 0.905. The number of fused-ring (bicyclic) bond motifs is 1. The van der Waals surface area contributed by atoms with Crippen LogP contribution in [0.15, 0.2) is 22.9 Å². The van der Waals surface area contributed by atoms with Gasteiger partial charge in [-0.1, -0.05) is 0 Å². The number of hydrogen-bond donors (Lipinski definition) is 1. The van der Waals surface area contributed by atoms with Gasteiger partial charge in [-0.05, 0) is 52.9 Å². The first-order chi connectivity index (χ1) is 8.31. The summed E-state index contributed by atoms with van der Waals surface area (Å²) < 4.78 is 1.07. The molecule has 0 aliphatic carbocycles. The molecule has 2 aliphatic heterocycles. The largest absolute Gasteiger partial charge is 0.312 e. The molecular weight excluding hydrogens is 278 g/mol. The van der Waals surface area contributed by atoms with Crippen LogP contribution in [0.25, 0.3) is 0 Å².